The quantitative estimate of drug-likeness (QED) is 0.378. The first-order chi connectivity index (χ1) is 19.8. The first-order valence-electron chi connectivity index (χ1n) is 15.7. The zero-order valence-electron chi connectivity index (χ0n) is 26.4. The fourth-order valence-electron chi connectivity index (χ4n) is 8.20. The highest BCUT2D eigenvalue weighted by molar-refractivity contribution is 5.74. The van der Waals surface area contributed by atoms with Gasteiger partial charge in [0, 0.05) is 100 Å². The highest BCUT2D eigenvalue weighted by Crippen LogP contribution is 2.51. The van der Waals surface area contributed by atoms with E-state index in [0.717, 1.165) is 55.6 Å². The Morgan fingerprint density at radius 1 is 1.17 bits per heavy atom. The number of nitrogens with zero attached hydrogens (tertiary/aromatic N) is 4. The maximum Gasteiger partial charge on any atom is 0.317 e. The molecule has 3 atom stereocenters. The van der Waals surface area contributed by atoms with E-state index in [0.29, 0.717) is 45.2 Å². The van der Waals surface area contributed by atoms with E-state index in [1.165, 1.54) is 0 Å². The van der Waals surface area contributed by atoms with Gasteiger partial charge in [-0.05, 0) is 51.3 Å². The van der Waals surface area contributed by atoms with Crippen LogP contribution in [-0.2, 0) is 0 Å². The third-order valence-electron chi connectivity index (χ3n) is 10.6. The lowest BCUT2D eigenvalue weighted by atomic mass is 9.64. The van der Waals surface area contributed by atoms with Gasteiger partial charge in [-0.1, -0.05) is 26.0 Å². The van der Waals surface area contributed by atoms with Crippen LogP contribution >= 0.6 is 0 Å². The summed E-state index contributed by atoms with van der Waals surface area (Å²) >= 11 is 0. The van der Waals surface area contributed by atoms with Gasteiger partial charge in [-0.3, -0.25) is 4.90 Å². The van der Waals surface area contributed by atoms with Crippen LogP contribution in [0.4, 0.5) is 13.6 Å². The first kappa shape index (κ1) is 31.4. The number of allylic oxidation sites excluding steroid dienone is 1. The average Bonchev–Trinajstić information content (AvgIpc) is 3.23. The number of nitrogens with two attached hydrogens (primary N) is 1. The predicted octanol–water partition coefficient (Wildman–Crippen LogP) is 2.70. The topological polar surface area (TPSA) is 92.1 Å². The number of fused-ring (bicyclic) bond motifs is 1. The van der Waals surface area contributed by atoms with Gasteiger partial charge in [0.05, 0.1) is 5.66 Å². The van der Waals surface area contributed by atoms with E-state index in [4.69, 9.17) is 5.73 Å². The van der Waals surface area contributed by atoms with Crippen molar-refractivity contribution < 1.29 is 13.6 Å². The number of carbonyl (C=O) groups is 1. The van der Waals surface area contributed by atoms with Gasteiger partial charge in [-0.25, -0.2) is 23.6 Å². The number of hydrazine groups is 1. The van der Waals surface area contributed by atoms with Gasteiger partial charge in [0.25, 0.3) is 6.43 Å². The van der Waals surface area contributed by atoms with Gasteiger partial charge in [0.2, 0.25) is 0 Å². The van der Waals surface area contributed by atoms with E-state index < -0.39 is 12.1 Å². The second kappa shape index (κ2) is 11.8. The van der Waals surface area contributed by atoms with Crippen molar-refractivity contribution in [3.63, 3.8) is 0 Å². The lowest BCUT2D eigenvalue weighted by Crippen LogP contribution is -2.66. The number of likely N-dealkylation sites (tertiary alicyclic amines) is 1. The standard InChI is InChI=1S/C31H52F2N8O/c1-29-11-7-14-41(26(29)16-22(27(32)33)23(17-29)30(2)19-38(5)39(6)20-30)31(3,34)24-18-40(28(42)35-4)15-10-25(24)37-21-8-12-36-13-9-21/h16-17,21,26-27,36-37H,7-15,18-20,34H2,1-6H3,(H,35,42). The second-order valence-electron chi connectivity index (χ2n) is 13.9. The molecule has 9 nitrogen and oxygen atoms in total. The average molecular weight is 591 g/mol. The Labute approximate surface area is 250 Å². The summed E-state index contributed by atoms with van der Waals surface area (Å²) in [5.74, 6) is 0. The van der Waals surface area contributed by atoms with E-state index in [1.54, 1.807) is 7.05 Å². The SMILES string of the molecule is CNC(=O)N1CCC(NC2CCNCC2)=C(C(C)(N)N2CCCC3(C)C=C(C4(C)CN(C)N(C)C4)C(C(F)F)=CC23)C1. The third-order valence-corrected chi connectivity index (χ3v) is 10.6. The molecule has 5 aliphatic rings. The van der Waals surface area contributed by atoms with Crippen molar-refractivity contribution in [2.45, 2.75) is 77.0 Å². The van der Waals surface area contributed by atoms with Crippen LogP contribution in [-0.4, -0.2) is 117 Å². The molecule has 2 amide bonds. The Morgan fingerprint density at radius 2 is 1.83 bits per heavy atom. The van der Waals surface area contributed by atoms with Crippen LogP contribution in [0.1, 0.15) is 52.9 Å². The fourth-order valence-corrected chi connectivity index (χ4v) is 8.20. The first-order valence-corrected chi connectivity index (χ1v) is 15.7. The van der Waals surface area contributed by atoms with Crippen molar-refractivity contribution in [3.05, 3.63) is 34.6 Å². The fraction of sp³-hybridized carbons (Fsp3) is 0.774. The highest BCUT2D eigenvalue weighted by atomic mass is 19.3. The summed E-state index contributed by atoms with van der Waals surface area (Å²) in [5.41, 5.74) is 8.72. The zero-order valence-corrected chi connectivity index (χ0v) is 26.4. The Hall–Kier alpha value is -2.05. The van der Waals surface area contributed by atoms with Crippen molar-refractivity contribution in [3.8, 4) is 0 Å². The number of rotatable bonds is 6. The van der Waals surface area contributed by atoms with Crippen LogP contribution in [0.5, 0.6) is 0 Å². The largest absolute Gasteiger partial charge is 0.385 e. The van der Waals surface area contributed by atoms with Crippen molar-refractivity contribution in [1.29, 1.82) is 0 Å². The van der Waals surface area contributed by atoms with Crippen LogP contribution < -0.4 is 21.7 Å². The summed E-state index contributed by atoms with van der Waals surface area (Å²) in [5, 5.41) is 14.2. The summed E-state index contributed by atoms with van der Waals surface area (Å²) in [6, 6.07) is -0.0609. The maximum atomic E-state index is 14.9. The predicted molar refractivity (Wildman–Crippen MR) is 163 cm³/mol. The molecule has 3 unspecified atom stereocenters. The molecule has 236 valence electrons. The summed E-state index contributed by atoms with van der Waals surface area (Å²) in [4.78, 5) is 16.8. The molecule has 42 heavy (non-hydrogen) atoms. The van der Waals surface area contributed by atoms with Crippen molar-refractivity contribution >= 4 is 6.03 Å². The van der Waals surface area contributed by atoms with Gasteiger partial charge in [-0.2, -0.15) is 0 Å². The lowest BCUT2D eigenvalue weighted by molar-refractivity contribution is 0.00915. The molecule has 0 aromatic carbocycles. The summed E-state index contributed by atoms with van der Waals surface area (Å²) in [7, 11) is 5.68. The van der Waals surface area contributed by atoms with E-state index in [2.05, 4.69) is 50.8 Å². The molecule has 4 heterocycles. The van der Waals surface area contributed by atoms with E-state index in [9.17, 15) is 13.6 Å². The molecule has 0 spiro atoms. The molecule has 0 aromatic heterocycles. The molecule has 5 N–H and O–H groups in total. The summed E-state index contributed by atoms with van der Waals surface area (Å²) in [6.07, 6.45) is 6.01. The summed E-state index contributed by atoms with van der Waals surface area (Å²) < 4.78 is 29.8. The molecule has 0 radical (unpaired) electrons. The van der Waals surface area contributed by atoms with Crippen LogP contribution in [0.2, 0.25) is 0 Å². The molecule has 3 saturated heterocycles. The van der Waals surface area contributed by atoms with Crippen molar-refractivity contribution in [2.75, 3.05) is 67.0 Å². The Kier molecular flexibility index (Phi) is 8.82. The van der Waals surface area contributed by atoms with Gasteiger partial charge < -0.3 is 26.6 Å². The van der Waals surface area contributed by atoms with Gasteiger partial charge >= 0.3 is 6.03 Å². The molecule has 0 aromatic rings. The number of alkyl halides is 2. The van der Waals surface area contributed by atoms with Gasteiger partial charge in [0.15, 0.2) is 0 Å². The van der Waals surface area contributed by atoms with Gasteiger partial charge in [0.1, 0.15) is 0 Å². The smallest absolute Gasteiger partial charge is 0.317 e. The number of halogens is 2. The van der Waals surface area contributed by atoms with E-state index >= 15 is 0 Å². The minimum absolute atomic E-state index is 0.127. The Balaban J connectivity index is 1.53. The van der Waals surface area contributed by atoms with E-state index in [1.807, 2.05) is 32.0 Å². The van der Waals surface area contributed by atoms with Crippen molar-refractivity contribution in [1.82, 2.24) is 35.8 Å². The highest BCUT2D eigenvalue weighted by Gasteiger charge is 2.52. The van der Waals surface area contributed by atoms with E-state index in [-0.39, 0.29) is 28.5 Å². The number of hydrogen-bond acceptors (Lipinski definition) is 7. The second-order valence-corrected chi connectivity index (χ2v) is 13.9. The number of amides is 2. The number of urea groups is 1. The van der Waals surface area contributed by atoms with Crippen LogP contribution in [0.25, 0.3) is 0 Å². The minimum atomic E-state index is -2.57. The lowest BCUT2D eigenvalue weighted by Gasteiger charge is -2.56. The number of piperidine rings is 2. The molecular weight excluding hydrogens is 538 g/mol. The molecule has 0 bridgehead atoms. The summed E-state index contributed by atoms with van der Waals surface area (Å²) in [6.45, 7) is 11.4. The number of hydrogen-bond donors (Lipinski definition) is 4. The minimum Gasteiger partial charge on any atom is -0.385 e. The molecule has 0 saturated carbocycles. The normalized spacial score (nSPS) is 31.5. The molecule has 4 aliphatic heterocycles. The van der Waals surface area contributed by atoms with Crippen LogP contribution in [0, 0.1) is 10.8 Å². The molecule has 5 rings (SSSR count). The monoisotopic (exact) mass is 590 g/mol. The zero-order chi connectivity index (χ0) is 30.4. The maximum absolute atomic E-state index is 14.9. The third kappa shape index (κ3) is 5.75. The molecule has 1 aliphatic carbocycles. The van der Waals surface area contributed by atoms with Crippen molar-refractivity contribution in [2.24, 2.45) is 16.6 Å². The number of nitrogens with one attached hydrogen (secondary N) is 3. The molecule has 3 fully saturated rings. The van der Waals surface area contributed by atoms with Gasteiger partial charge in [-0.15, -0.1) is 0 Å². The van der Waals surface area contributed by atoms with Crippen LogP contribution in [0.15, 0.2) is 34.6 Å². The Morgan fingerprint density at radius 3 is 2.45 bits per heavy atom. The number of carbonyl (C=O) groups excluding carboxylic acids is 1. The Bertz CT molecular complexity index is 1120. The molecule has 11 heteroatoms. The van der Waals surface area contributed by atoms with Crippen LogP contribution in [0.3, 0.4) is 0 Å². The molecular formula is C31H52F2N8O.